The number of aliphatic hydroxyl groups excluding tert-OH is 5. The van der Waals surface area contributed by atoms with Crippen molar-refractivity contribution in [2.24, 2.45) is 10.7 Å². The zero-order valence-electron chi connectivity index (χ0n) is 13.7. The number of nitrogens with one attached hydrogen (secondary N) is 1. The molecule has 0 aliphatic carbocycles. The van der Waals surface area contributed by atoms with Crippen molar-refractivity contribution in [3.8, 4) is 0 Å². The summed E-state index contributed by atoms with van der Waals surface area (Å²) in [6, 6.07) is -2.29. The van der Waals surface area contributed by atoms with E-state index in [4.69, 9.17) is 23.3 Å². The van der Waals surface area contributed by atoms with Crippen molar-refractivity contribution in [2.75, 3.05) is 26.8 Å². The van der Waals surface area contributed by atoms with E-state index in [1.165, 1.54) is 7.05 Å². The van der Waals surface area contributed by atoms with E-state index in [-0.39, 0.29) is 12.5 Å². The van der Waals surface area contributed by atoms with Crippen LogP contribution < -0.4 is 11.1 Å². The first-order valence-electron chi connectivity index (χ1n) is 7.12. The fraction of sp³-hybridized carbons (Fsp3) is 0.818. The summed E-state index contributed by atoms with van der Waals surface area (Å²) in [6.45, 7) is -1.57. The van der Waals surface area contributed by atoms with E-state index in [0.717, 1.165) is 4.90 Å². The maximum absolute atomic E-state index is 12.2. The predicted molar refractivity (Wildman–Crippen MR) is 86.3 cm³/mol. The Labute approximate surface area is 149 Å². The van der Waals surface area contributed by atoms with Crippen molar-refractivity contribution in [2.45, 2.75) is 30.4 Å². The van der Waals surface area contributed by atoms with Crippen molar-refractivity contribution in [1.82, 2.24) is 10.2 Å². The third-order valence-corrected chi connectivity index (χ3v) is 3.53. The highest BCUT2D eigenvalue weighted by atomic mass is 32.3. The van der Waals surface area contributed by atoms with E-state index in [9.17, 15) is 30.3 Å². The Morgan fingerprint density at radius 1 is 1.08 bits per heavy atom. The van der Waals surface area contributed by atoms with Gasteiger partial charge in [-0.3, -0.25) is 18.9 Å². The molecule has 1 rings (SSSR count). The Balaban J connectivity index is 0.00000110. The third kappa shape index (κ3) is 7.34. The summed E-state index contributed by atoms with van der Waals surface area (Å²) >= 11 is 0. The number of aliphatic hydroxyl groups is 5. The van der Waals surface area contributed by atoms with Gasteiger partial charge in [-0.25, -0.2) is 0 Å². The van der Waals surface area contributed by atoms with E-state index in [0.29, 0.717) is 0 Å². The number of hydrogen-bond donors (Lipinski definition) is 9. The molecule has 154 valence electrons. The van der Waals surface area contributed by atoms with Crippen LogP contribution in [0, 0.1) is 0 Å². The van der Waals surface area contributed by atoms with Crippen LogP contribution in [0.25, 0.3) is 0 Å². The minimum Gasteiger partial charge on any atom is -0.394 e. The molecule has 1 aliphatic rings. The van der Waals surface area contributed by atoms with Gasteiger partial charge in [-0.15, -0.1) is 0 Å². The number of piperidine rings is 1. The number of rotatable bonds is 4. The lowest BCUT2D eigenvalue weighted by Gasteiger charge is -2.48. The second-order valence-corrected chi connectivity index (χ2v) is 6.08. The molecule has 0 aromatic carbocycles. The fourth-order valence-corrected chi connectivity index (χ4v) is 2.33. The molecular formula is C11H24N4O10S. The van der Waals surface area contributed by atoms with Gasteiger partial charge in [-0.1, -0.05) is 0 Å². The zero-order chi connectivity index (χ0) is 20.7. The minimum absolute atomic E-state index is 0.0163. The Hall–Kier alpha value is -1.59. The number of likely N-dealkylation sites (tertiary alicyclic amines) is 1. The van der Waals surface area contributed by atoms with Gasteiger partial charge in [0, 0.05) is 7.05 Å². The van der Waals surface area contributed by atoms with Gasteiger partial charge in [0.15, 0.2) is 5.96 Å². The third-order valence-electron chi connectivity index (χ3n) is 3.53. The number of aliphatic imine (C=N–C) groups is 1. The molecule has 26 heavy (non-hydrogen) atoms. The molecule has 15 heteroatoms. The summed E-state index contributed by atoms with van der Waals surface area (Å²) in [7, 11) is -3.25. The normalized spacial score (nSPS) is 29.6. The number of nitrogens with zero attached hydrogens (tertiary/aromatic N) is 2. The summed E-state index contributed by atoms with van der Waals surface area (Å²) < 4.78 is 31.6. The molecule has 0 bridgehead atoms. The highest BCUT2D eigenvalue weighted by Crippen LogP contribution is 2.24. The molecule has 0 aromatic heterocycles. The van der Waals surface area contributed by atoms with E-state index in [1.54, 1.807) is 0 Å². The zero-order valence-corrected chi connectivity index (χ0v) is 14.6. The van der Waals surface area contributed by atoms with Crippen LogP contribution >= 0.6 is 0 Å². The summed E-state index contributed by atoms with van der Waals surface area (Å²) in [5.74, 6) is -0.604. The van der Waals surface area contributed by atoms with Gasteiger partial charge in [0.25, 0.3) is 0 Å². The van der Waals surface area contributed by atoms with Gasteiger partial charge in [0.05, 0.1) is 31.8 Å². The number of guanidine groups is 1. The molecule has 1 fully saturated rings. The van der Waals surface area contributed by atoms with Crippen LogP contribution in [0.3, 0.4) is 0 Å². The van der Waals surface area contributed by atoms with Crippen LogP contribution in [0.2, 0.25) is 0 Å². The van der Waals surface area contributed by atoms with Crippen molar-refractivity contribution < 1.29 is 47.9 Å². The van der Waals surface area contributed by atoms with Crippen LogP contribution in [-0.4, -0.2) is 117 Å². The average Bonchev–Trinajstić information content (AvgIpc) is 2.55. The smallest absolute Gasteiger partial charge is 0.394 e. The molecule has 0 aromatic rings. The monoisotopic (exact) mass is 404 g/mol. The molecule has 10 N–H and O–H groups in total. The van der Waals surface area contributed by atoms with Gasteiger partial charge < -0.3 is 41.5 Å². The molecular weight excluding hydrogens is 380 g/mol. The molecule has 5 atom stereocenters. The number of carbonyl (C=O) groups excluding carboxylic acids is 1. The second kappa shape index (κ2) is 10.5. The second-order valence-electron chi connectivity index (χ2n) is 5.18. The topological polar surface area (TPSA) is 246 Å². The molecule has 0 saturated carbocycles. The Kier molecular flexibility index (Phi) is 9.89. The first-order valence-corrected chi connectivity index (χ1v) is 8.51. The highest BCUT2D eigenvalue weighted by molar-refractivity contribution is 7.79. The predicted octanol–water partition coefficient (Wildman–Crippen LogP) is -5.49. The van der Waals surface area contributed by atoms with Crippen LogP contribution in [0.15, 0.2) is 4.99 Å². The van der Waals surface area contributed by atoms with E-state index in [1.807, 2.05) is 0 Å². The molecule has 14 nitrogen and oxygen atoms in total. The van der Waals surface area contributed by atoms with Gasteiger partial charge in [-0.05, 0) is 0 Å². The maximum atomic E-state index is 12.2. The van der Waals surface area contributed by atoms with E-state index < -0.39 is 59.9 Å². The summed E-state index contributed by atoms with van der Waals surface area (Å²) in [6.07, 6.45) is -4.64. The minimum atomic E-state index is -4.67. The summed E-state index contributed by atoms with van der Waals surface area (Å²) in [4.78, 5) is 16.7. The fourth-order valence-electron chi connectivity index (χ4n) is 2.33. The van der Waals surface area contributed by atoms with Crippen LogP contribution in [-0.2, 0) is 15.2 Å². The van der Waals surface area contributed by atoms with Gasteiger partial charge in [0.1, 0.15) is 18.3 Å². The number of hydrogen-bond acceptors (Lipinski definition) is 9. The molecule has 0 spiro atoms. The SMILES string of the molecule is CN=C(N)NCC(=O)N1[C@H](CO)[C@H](O)C(O)[C@H](O)[C@H]1CO.O=S(=O)(O)O. The van der Waals surface area contributed by atoms with Gasteiger partial charge in [0.2, 0.25) is 5.91 Å². The van der Waals surface area contributed by atoms with E-state index >= 15 is 0 Å². The first-order chi connectivity index (χ1) is 11.9. The number of nitrogens with two attached hydrogens (primary N) is 1. The lowest BCUT2D eigenvalue weighted by atomic mass is 9.88. The van der Waals surface area contributed by atoms with Crippen molar-refractivity contribution in [3.05, 3.63) is 0 Å². The average molecular weight is 404 g/mol. The van der Waals surface area contributed by atoms with Crippen LogP contribution in [0.1, 0.15) is 0 Å². The van der Waals surface area contributed by atoms with Crippen LogP contribution in [0.5, 0.6) is 0 Å². The van der Waals surface area contributed by atoms with Gasteiger partial charge in [-0.2, -0.15) is 8.42 Å². The number of amides is 1. The van der Waals surface area contributed by atoms with Gasteiger partial charge >= 0.3 is 10.4 Å². The van der Waals surface area contributed by atoms with E-state index in [2.05, 4.69) is 10.3 Å². The molecule has 0 radical (unpaired) electrons. The summed E-state index contributed by atoms with van der Waals surface area (Å²) in [5.41, 5.74) is 5.39. The molecule has 1 aliphatic heterocycles. The van der Waals surface area contributed by atoms with Crippen molar-refractivity contribution in [3.63, 3.8) is 0 Å². The van der Waals surface area contributed by atoms with Crippen molar-refractivity contribution in [1.29, 1.82) is 0 Å². The molecule has 1 unspecified atom stereocenters. The standard InChI is InChI=1S/C11H22N4O6.H2O4S/c1-13-11(12)14-2-7(18)15-5(3-16)8(19)10(21)9(20)6(15)4-17;1-5(2,3)4/h5-6,8-10,16-17,19-21H,2-4H2,1H3,(H3,12,13,14);(H2,1,2,3,4)/t5-,6-,8-,9+,10?;/m1./s1. The summed E-state index contributed by atoms with van der Waals surface area (Å²) in [5, 5.41) is 50.5. The molecule has 1 saturated heterocycles. The quantitative estimate of drug-likeness (QED) is 0.121. The lowest BCUT2D eigenvalue weighted by Crippen LogP contribution is -2.70. The Morgan fingerprint density at radius 3 is 1.77 bits per heavy atom. The molecule has 1 amide bonds. The maximum Gasteiger partial charge on any atom is 0.394 e. The highest BCUT2D eigenvalue weighted by Gasteiger charge is 2.48. The largest absolute Gasteiger partial charge is 0.394 e. The Bertz CT molecular complexity index is 560. The first kappa shape index (κ1) is 24.4. The van der Waals surface area contributed by atoms with Crippen molar-refractivity contribution >= 4 is 22.3 Å². The Morgan fingerprint density at radius 2 is 1.46 bits per heavy atom. The van der Waals surface area contributed by atoms with Crippen LogP contribution in [0.4, 0.5) is 0 Å². The molecule has 1 heterocycles. The lowest BCUT2D eigenvalue weighted by molar-refractivity contribution is -0.187. The number of carbonyl (C=O) groups is 1.